The quantitative estimate of drug-likeness (QED) is 0.673. The maximum Gasteiger partial charge on any atom is 0.416 e. The fourth-order valence-corrected chi connectivity index (χ4v) is 3.91. The van der Waals surface area contributed by atoms with Crippen LogP contribution in [0.2, 0.25) is 0 Å². The molecule has 0 radical (unpaired) electrons. The number of aliphatic imine (C=N–C) groups is 1. The van der Waals surface area contributed by atoms with Crippen molar-refractivity contribution in [1.82, 2.24) is 4.90 Å². The molecule has 0 N–H and O–H groups in total. The standard InChI is InChI=1S/C21H21F3N2O2S/c1-2-28-18-8-6-15(7-9-18)13-19(27)26-11-10-25-20(26)29-14-16-4-3-5-17(12-16)21(22,23)24/h3-9,12H,2,10-11,13-14H2,1H3. The smallest absolute Gasteiger partial charge is 0.416 e. The van der Waals surface area contributed by atoms with Gasteiger partial charge in [0.25, 0.3) is 0 Å². The van der Waals surface area contributed by atoms with E-state index >= 15 is 0 Å². The molecular weight excluding hydrogens is 401 g/mol. The van der Waals surface area contributed by atoms with Gasteiger partial charge in [-0.15, -0.1) is 0 Å². The van der Waals surface area contributed by atoms with Crippen LogP contribution in [-0.2, 0) is 23.1 Å². The third-order valence-electron chi connectivity index (χ3n) is 4.31. The minimum absolute atomic E-state index is 0.0815. The number of carbonyl (C=O) groups excluding carboxylic acids is 1. The predicted octanol–water partition coefficient (Wildman–Crippen LogP) is 4.78. The number of amidine groups is 1. The molecule has 0 unspecified atom stereocenters. The minimum Gasteiger partial charge on any atom is -0.494 e. The summed E-state index contributed by atoms with van der Waals surface area (Å²) in [5.74, 6) is 0.987. The lowest BCUT2D eigenvalue weighted by Gasteiger charge is -2.18. The van der Waals surface area contributed by atoms with Crippen LogP contribution in [-0.4, -0.2) is 35.7 Å². The SMILES string of the molecule is CCOc1ccc(CC(=O)N2CCN=C2SCc2cccc(C(F)(F)F)c2)cc1. The van der Waals surface area contributed by atoms with Gasteiger partial charge in [-0.3, -0.25) is 14.7 Å². The Morgan fingerprint density at radius 1 is 1.17 bits per heavy atom. The molecule has 4 nitrogen and oxygen atoms in total. The van der Waals surface area contributed by atoms with E-state index in [4.69, 9.17) is 4.74 Å². The van der Waals surface area contributed by atoms with Crippen molar-refractivity contribution in [2.45, 2.75) is 25.3 Å². The summed E-state index contributed by atoms with van der Waals surface area (Å²) in [7, 11) is 0. The number of halogens is 3. The van der Waals surface area contributed by atoms with E-state index in [-0.39, 0.29) is 12.3 Å². The molecule has 3 rings (SSSR count). The van der Waals surface area contributed by atoms with E-state index in [2.05, 4.69) is 4.99 Å². The minimum atomic E-state index is -4.37. The first-order chi connectivity index (χ1) is 13.9. The monoisotopic (exact) mass is 422 g/mol. The van der Waals surface area contributed by atoms with Crippen LogP contribution in [0.1, 0.15) is 23.6 Å². The molecule has 1 amide bonds. The van der Waals surface area contributed by atoms with Gasteiger partial charge in [0.05, 0.1) is 25.1 Å². The van der Waals surface area contributed by atoms with E-state index in [0.29, 0.717) is 36.2 Å². The van der Waals surface area contributed by atoms with Gasteiger partial charge in [0.1, 0.15) is 5.75 Å². The molecule has 0 atom stereocenters. The van der Waals surface area contributed by atoms with Crippen molar-refractivity contribution in [3.63, 3.8) is 0 Å². The first kappa shape index (κ1) is 21.2. The Morgan fingerprint density at radius 3 is 2.62 bits per heavy atom. The summed E-state index contributed by atoms with van der Waals surface area (Å²) in [5.41, 5.74) is 0.735. The number of hydrogen-bond donors (Lipinski definition) is 0. The van der Waals surface area contributed by atoms with E-state index in [0.717, 1.165) is 23.4 Å². The number of carbonyl (C=O) groups is 1. The zero-order chi connectivity index (χ0) is 20.9. The number of thioether (sulfide) groups is 1. The number of rotatable bonds is 6. The highest BCUT2D eigenvalue weighted by Gasteiger charge is 2.30. The van der Waals surface area contributed by atoms with E-state index in [1.165, 1.54) is 17.8 Å². The molecule has 0 saturated carbocycles. The van der Waals surface area contributed by atoms with Crippen molar-refractivity contribution in [2.24, 2.45) is 4.99 Å². The fourth-order valence-electron chi connectivity index (χ4n) is 2.91. The average Bonchev–Trinajstić information content (AvgIpc) is 3.16. The van der Waals surface area contributed by atoms with Gasteiger partial charge in [-0.2, -0.15) is 13.2 Å². The van der Waals surface area contributed by atoms with Crippen LogP contribution in [0.3, 0.4) is 0 Å². The molecule has 0 saturated heterocycles. The van der Waals surface area contributed by atoms with Crippen LogP contribution < -0.4 is 4.74 Å². The zero-order valence-corrected chi connectivity index (χ0v) is 16.7. The summed E-state index contributed by atoms with van der Waals surface area (Å²) in [6.45, 7) is 3.47. The highest BCUT2D eigenvalue weighted by Crippen LogP contribution is 2.30. The molecular formula is C21H21F3N2O2S. The van der Waals surface area contributed by atoms with Crippen molar-refractivity contribution in [3.8, 4) is 5.75 Å². The fraction of sp³-hybridized carbons (Fsp3) is 0.333. The Hall–Kier alpha value is -2.48. The van der Waals surface area contributed by atoms with Gasteiger partial charge in [-0.25, -0.2) is 0 Å². The van der Waals surface area contributed by atoms with Gasteiger partial charge in [-0.05, 0) is 36.2 Å². The maximum atomic E-state index is 12.9. The number of hydrogen-bond acceptors (Lipinski definition) is 4. The molecule has 0 spiro atoms. The lowest BCUT2D eigenvalue weighted by Crippen LogP contribution is -2.34. The highest BCUT2D eigenvalue weighted by atomic mass is 32.2. The molecule has 1 heterocycles. The topological polar surface area (TPSA) is 41.9 Å². The number of ether oxygens (including phenoxy) is 1. The van der Waals surface area contributed by atoms with Gasteiger partial charge >= 0.3 is 6.18 Å². The molecule has 0 fully saturated rings. The summed E-state index contributed by atoms with van der Waals surface area (Å²) in [5, 5.41) is 0.554. The lowest BCUT2D eigenvalue weighted by molar-refractivity contribution is -0.137. The van der Waals surface area contributed by atoms with Crippen molar-refractivity contribution in [3.05, 3.63) is 65.2 Å². The summed E-state index contributed by atoms with van der Waals surface area (Å²) in [6, 6.07) is 12.6. The van der Waals surface area contributed by atoms with Crippen LogP contribution in [0, 0.1) is 0 Å². The van der Waals surface area contributed by atoms with Crippen LogP contribution in [0.5, 0.6) is 5.75 Å². The van der Waals surface area contributed by atoms with E-state index in [1.807, 2.05) is 31.2 Å². The van der Waals surface area contributed by atoms with Gasteiger partial charge < -0.3 is 4.74 Å². The van der Waals surface area contributed by atoms with Crippen LogP contribution >= 0.6 is 11.8 Å². The Kier molecular flexibility index (Phi) is 6.84. The molecule has 0 aliphatic carbocycles. The maximum absolute atomic E-state index is 12.9. The second-order valence-electron chi connectivity index (χ2n) is 6.45. The van der Waals surface area contributed by atoms with Crippen LogP contribution in [0.15, 0.2) is 53.5 Å². The van der Waals surface area contributed by atoms with Crippen molar-refractivity contribution < 1.29 is 22.7 Å². The van der Waals surface area contributed by atoms with Crippen molar-refractivity contribution in [2.75, 3.05) is 19.7 Å². The largest absolute Gasteiger partial charge is 0.494 e. The number of nitrogens with zero attached hydrogens (tertiary/aromatic N) is 2. The van der Waals surface area contributed by atoms with E-state index in [9.17, 15) is 18.0 Å². The molecule has 2 aromatic rings. The van der Waals surface area contributed by atoms with Gasteiger partial charge in [-0.1, -0.05) is 42.1 Å². The zero-order valence-electron chi connectivity index (χ0n) is 15.9. The van der Waals surface area contributed by atoms with Crippen LogP contribution in [0.4, 0.5) is 13.2 Å². The second-order valence-corrected chi connectivity index (χ2v) is 7.39. The normalized spacial score (nSPS) is 14.1. The Labute approximate surface area is 171 Å². The second kappa shape index (κ2) is 9.35. The van der Waals surface area contributed by atoms with Crippen molar-refractivity contribution >= 4 is 22.8 Å². The predicted molar refractivity (Wildman–Crippen MR) is 108 cm³/mol. The average molecular weight is 422 g/mol. The Morgan fingerprint density at radius 2 is 1.93 bits per heavy atom. The number of alkyl halides is 3. The third kappa shape index (κ3) is 5.76. The lowest BCUT2D eigenvalue weighted by atomic mass is 10.1. The molecule has 1 aliphatic heterocycles. The molecule has 0 aromatic heterocycles. The first-order valence-corrected chi connectivity index (χ1v) is 10.2. The Balaban J connectivity index is 1.59. The molecule has 0 bridgehead atoms. The molecule has 154 valence electrons. The summed E-state index contributed by atoms with van der Waals surface area (Å²) in [6.07, 6.45) is -4.14. The highest BCUT2D eigenvalue weighted by molar-refractivity contribution is 8.13. The third-order valence-corrected chi connectivity index (χ3v) is 5.40. The first-order valence-electron chi connectivity index (χ1n) is 9.22. The van der Waals surface area contributed by atoms with Gasteiger partial charge in [0.2, 0.25) is 5.91 Å². The Bertz CT molecular complexity index is 882. The van der Waals surface area contributed by atoms with Gasteiger partial charge in [0.15, 0.2) is 5.17 Å². The summed E-state index contributed by atoms with van der Waals surface area (Å²) in [4.78, 5) is 18.6. The van der Waals surface area contributed by atoms with E-state index in [1.54, 1.807) is 11.0 Å². The number of amides is 1. The summed E-state index contributed by atoms with van der Waals surface area (Å²) >= 11 is 1.28. The number of benzene rings is 2. The molecule has 8 heteroatoms. The molecule has 29 heavy (non-hydrogen) atoms. The summed E-state index contributed by atoms with van der Waals surface area (Å²) < 4.78 is 44.0. The van der Waals surface area contributed by atoms with Crippen molar-refractivity contribution in [1.29, 1.82) is 0 Å². The van der Waals surface area contributed by atoms with E-state index < -0.39 is 11.7 Å². The molecule has 1 aliphatic rings. The molecule has 2 aromatic carbocycles. The van der Waals surface area contributed by atoms with Crippen LogP contribution in [0.25, 0.3) is 0 Å². The van der Waals surface area contributed by atoms with Gasteiger partial charge in [0, 0.05) is 12.3 Å².